The summed E-state index contributed by atoms with van der Waals surface area (Å²) in [6.07, 6.45) is 3.99. The summed E-state index contributed by atoms with van der Waals surface area (Å²) in [6.45, 7) is 7.25. The highest BCUT2D eigenvalue weighted by atomic mass is 19.1. The highest BCUT2D eigenvalue weighted by Gasteiger charge is 2.38. The zero-order valence-corrected chi connectivity index (χ0v) is 12.0. The molecular formula is C16H23F2N. The summed E-state index contributed by atoms with van der Waals surface area (Å²) in [5.41, 5.74) is 0.667. The van der Waals surface area contributed by atoms with Crippen molar-refractivity contribution in [3.63, 3.8) is 0 Å². The minimum Gasteiger partial charge on any atom is -0.312 e. The van der Waals surface area contributed by atoms with E-state index in [4.69, 9.17) is 0 Å². The fraction of sp³-hybridized carbons (Fsp3) is 0.625. The molecule has 0 saturated heterocycles. The minimum atomic E-state index is -0.352. The lowest BCUT2D eigenvalue weighted by Crippen LogP contribution is -2.48. The van der Waals surface area contributed by atoms with Crippen molar-refractivity contribution in [3.8, 4) is 0 Å². The maximum atomic E-state index is 13.7. The van der Waals surface area contributed by atoms with E-state index in [2.05, 4.69) is 26.1 Å². The van der Waals surface area contributed by atoms with Gasteiger partial charge in [0.1, 0.15) is 11.6 Å². The quantitative estimate of drug-likeness (QED) is 0.867. The molecule has 1 fully saturated rings. The van der Waals surface area contributed by atoms with Gasteiger partial charge < -0.3 is 5.32 Å². The number of hydrogen-bond donors (Lipinski definition) is 1. The van der Waals surface area contributed by atoms with Crippen molar-refractivity contribution in [2.45, 2.75) is 52.0 Å². The van der Waals surface area contributed by atoms with E-state index in [0.29, 0.717) is 12.0 Å². The molecule has 1 aliphatic carbocycles. The van der Waals surface area contributed by atoms with Gasteiger partial charge in [0.05, 0.1) is 0 Å². The fourth-order valence-corrected chi connectivity index (χ4v) is 2.63. The zero-order chi connectivity index (χ0) is 14.1. The van der Waals surface area contributed by atoms with Crippen LogP contribution in [0.2, 0.25) is 0 Å². The first-order valence-electron chi connectivity index (χ1n) is 6.99. The molecule has 19 heavy (non-hydrogen) atoms. The minimum absolute atomic E-state index is 0.0586. The van der Waals surface area contributed by atoms with E-state index in [9.17, 15) is 8.78 Å². The van der Waals surface area contributed by atoms with Crippen LogP contribution in [0.15, 0.2) is 18.2 Å². The smallest absolute Gasteiger partial charge is 0.126 e. The van der Waals surface area contributed by atoms with Crippen LogP contribution in [0.1, 0.15) is 45.6 Å². The highest BCUT2D eigenvalue weighted by Crippen LogP contribution is 2.43. The standard InChI is InChI=1S/C16H23F2N/c1-15(2,3)19-11-16(7-4-8-16)10-12-9-13(17)5-6-14(12)18/h5-6,9,19H,4,7-8,10-11H2,1-3H3. The third kappa shape index (κ3) is 3.75. The van der Waals surface area contributed by atoms with Gasteiger partial charge in [-0.25, -0.2) is 8.78 Å². The molecule has 1 N–H and O–H groups in total. The van der Waals surface area contributed by atoms with Gasteiger partial charge in [-0.05, 0) is 69.2 Å². The fourth-order valence-electron chi connectivity index (χ4n) is 2.63. The van der Waals surface area contributed by atoms with Crippen LogP contribution in [0.25, 0.3) is 0 Å². The average Bonchev–Trinajstić information content (AvgIpc) is 2.25. The Hall–Kier alpha value is -0.960. The van der Waals surface area contributed by atoms with Gasteiger partial charge in [-0.1, -0.05) is 6.42 Å². The van der Waals surface area contributed by atoms with E-state index in [1.54, 1.807) is 0 Å². The first-order chi connectivity index (χ1) is 8.80. The number of nitrogens with one attached hydrogen (secondary N) is 1. The summed E-state index contributed by atoms with van der Waals surface area (Å²) >= 11 is 0. The molecule has 0 spiro atoms. The normalized spacial score (nSPS) is 18.2. The van der Waals surface area contributed by atoms with Gasteiger partial charge in [0.2, 0.25) is 0 Å². The second-order valence-corrected chi connectivity index (χ2v) is 6.87. The van der Waals surface area contributed by atoms with Crippen LogP contribution < -0.4 is 5.32 Å². The largest absolute Gasteiger partial charge is 0.312 e. The van der Waals surface area contributed by atoms with Gasteiger partial charge in [-0.2, -0.15) is 0 Å². The van der Waals surface area contributed by atoms with Crippen LogP contribution in [0.3, 0.4) is 0 Å². The molecule has 0 radical (unpaired) electrons. The van der Waals surface area contributed by atoms with E-state index in [1.165, 1.54) is 24.6 Å². The molecule has 0 aromatic heterocycles. The van der Waals surface area contributed by atoms with Gasteiger partial charge in [0.15, 0.2) is 0 Å². The Morgan fingerprint density at radius 2 is 1.89 bits per heavy atom. The number of halogens is 2. The van der Waals surface area contributed by atoms with Crippen LogP contribution in [0.5, 0.6) is 0 Å². The van der Waals surface area contributed by atoms with E-state index < -0.39 is 0 Å². The lowest BCUT2D eigenvalue weighted by atomic mass is 9.65. The van der Waals surface area contributed by atoms with E-state index in [0.717, 1.165) is 19.4 Å². The van der Waals surface area contributed by atoms with E-state index >= 15 is 0 Å². The monoisotopic (exact) mass is 267 g/mol. The maximum absolute atomic E-state index is 13.7. The van der Waals surface area contributed by atoms with Crippen molar-refractivity contribution >= 4 is 0 Å². The molecule has 0 atom stereocenters. The lowest BCUT2D eigenvalue weighted by molar-refractivity contribution is 0.117. The number of benzene rings is 1. The van der Waals surface area contributed by atoms with Crippen LogP contribution >= 0.6 is 0 Å². The predicted molar refractivity (Wildman–Crippen MR) is 74.1 cm³/mol. The molecule has 0 aliphatic heterocycles. The van der Waals surface area contributed by atoms with Crippen LogP contribution in [0.4, 0.5) is 8.78 Å². The van der Waals surface area contributed by atoms with Crippen LogP contribution in [0, 0.1) is 17.0 Å². The Labute approximate surface area is 114 Å². The molecule has 0 amide bonds. The van der Waals surface area contributed by atoms with Gasteiger partial charge in [0, 0.05) is 12.1 Å². The molecule has 1 aromatic rings. The van der Waals surface area contributed by atoms with Crippen molar-refractivity contribution in [3.05, 3.63) is 35.4 Å². The summed E-state index contributed by atoms with van der Waals surface area (Å²) in [7, 11) is 0. The van der Waals surface area contributed by atoms with E-state index in [1.807, 2.05) is 0 Å². The number of rotatable bonds is 4. The summed E-state index contributed by atoms with van der Waals surface area (Å²) in [5, 5.41) is 3.50. The van der Waals surface area contributed by atoms with Crippen LogP contribution in [-0.2, 0) is 6.42 Å². The molecule has 106 valence electrons. The molecule has 1 aliphatic rings. The third-order valence-corrected chi connectivity index (χ3v) is 3.98. The van der Waals surface area contributed by atoms with Gasteiger partial charge in [-0.3, -0.25) is 0 Å². The summed E-state index contributed by atoms with van der Waals surface area (Å²) in [5.74, 6) is -0.641. The molecule has 1 aromatic carbocycles. The summed E-state index contributed by atoms with van der Waals surface area (Å²) in [6, 6.07) is 3.75. The Bertz CT molecular complexity index is 445. The van der Waals surface area contributed by atoms with Crippen molar-refractivity contribution < 1.29 is 8.78 Å². The predicted octanol–water partition coefficient (Wildman–Crippen LogP) is 4.07. The maximum Gasteiger partial charge on any atom is 0.126 e. The van der Waals surface area contributed by atoms with Gasteiger partial charge in [0.25, 0.3) is 0 Å². The summed E-state index contributed by atoms with van der Waals surface area (Å²) < 4.78 is 27.0. The molecule has 0 bridgehead atoms. The second kappa shape index (κ2) is 5.20. The lowest BCUT2D eigenvalue weighted by Gasteiger charge is -2.44. The molecule has 1 saturated carbocycles. The molecule has 0 heterocycles. The van der Waals surface area contributed by atoms with Crippen molar-refractivity contribution in [1.29, 1.82) is 0 Å². The Morgan fingerprint density at radius 1 is 1.21 bits per heavy atom. The van der Waals surface area contributed by atoms with E-state index in [-0.39, 0.29) is 22.6 Å². The second-order valence-electron chi connectivity index (χ2n) is 6.87. The molecule has 2 rings (SSSR count). The van der Waals surface area contributed by atoms with Crippen molar-refractivity contribution in [1.82, 2.24) is 5.32 Å². The third-order valence-electron chi connectivity index (χ3n) is 3.98. The van der Waals surface area contributed by atoms with Gasteiger partial charge >= 0.3 is 0 Å². The van der Waals surface area contributed by atoms with Crippen molar-refractivity contribution in [2.24, 2.45) is 5.41 Å². The molecular weight excluding hydrogens is 244 g/mol. The Kier molecular flexibility index (Phi) is 3.95. The molecule has 0 unspecified atom stereocenters. The van der Waals surface area contributed by atoms with Gasteiger partial charge in [-0.15, -0.1) is 0 Å². The topological polar surface area (TPSA) is 12.0 Å². The SMILES string of the molecule is CC(C)(C)NCC1(Cc2cc(F)ccc2F)CCC1. The number of hydrogen-bond acceptors (Lipinski definition) is 1. The summed E-state index contributed by atoms with van der Waals surface area (Å²) in [4.78, 5) is 0. The highest BCUT2D eigenvalue weighted by molar-refractivity contribution is 5.21. The Morgan fingerprint density at radius 3 is 2.42 bits per heavy atom. The average molecular weight is 267 g/mol. The Balaban J connectivity index is 2.08. The first-order valence-corrected chi connectivity index (χ1v) is 6.99. The first kappa shape index (κ1) is 14.4. The van der Waals surface area contributed by atoms with Crippen molar-refractivity contribution in [2.75, 3.05) is 6.54 Å². The molecule has 1 nitrogen and oxygen atoms in total. The molecule has 3 heteroatoms. The zero-order valence-electron chi connectivity index (χ0n) is 12.0. The van der Waals surface area contributed by atoms with Crippen LogP contribution in [-0.4, -0.2) is 12.1 Å².